The number of rotatable bonds is 5. The third-order valence-corrected chi connectivity index (χ3v) is 2.68. The second kappa shape index (κ2) is 7.10. The molecule has 0 atom stereocenters. The van der Waals surface area contributed by atoms with E-state index in [2.05, 4.69) is 26.4 Å². The van der Waals surface area contributed by atoms with Crippen LogP contribution < -0.4 is 11.1 Å². The van der Waals surface area contributed by atoms with E-state index in [0.717, 1.165) is 4.47 Å². The van der Waals surface area contributed by atoms with E-state index in [-0.39, 0.29) is 24.5 Å². The number of nitrogens with one attached hydrogen (secondary N) is 1. The molecule has 0 spiro atoms. The van der Waals surface area contributed by atoms with Gasteiger partial charge in [-0.2, -0.15) is 0 Å². The fourth-order valence-electron chi connectivity index (χ4n) is 1.32. The summed E-state index contributed by atoms with van der Waals surface area (Å²) in [5, 5.41) is 14.3. The zero-order valence-electron chi connectivity index (χ0n) is 10.7. The summed E-state index contributed by atoms with van der Waals surface area (Å²) in [5.74, 6) is -0.385. The van der Waals surface area contributed by atoms with E-state index in [1.807, 2.05) is 13.8 Å². The predicted octanol–water partition coefficient (Wildman–Crippen LogP) is 1.91. The number of hydrogen-bond acceptors (Lipinski definition) is 4. The van der Waals surface area contributed by atoms with Gasteiger partial charge in [0, 0.05) is 10.0 Å². The number of halogens is 1. The zero-order valence-corrected chi connectivity index (χ0v) is 12.3. The number of oxime groups is 1. The molecule has 1 aromatic carbocycles. The Hall–Kier alpha value is -1.60. The van der Waals surface area contributed by atoms with Crippen molar-refractivity contribution in [3.05, 3.63) is 28.2 Å². The van der Waals surface area contributed by atoms with Crippen molar-refractivity contribution < 1.29 is 14.7 Å². The maximum Gasteiger partial charge on any atom is 0.250 e. The predicted molar refractivity (Wildman–Crippen MR) is 76.4 cm³/mol. The molecule has 0 saturated carbocycles. The number of amides is 1. The fraction of sp³-hybridized carbons (Fsp3) is 0.333. The molecule has 0 saturated heterocycles. The van der Waals surface area contributed by atoms with E-state index in [1.54, 1.807) is 18.2 Å². The number of carbonyl (C=O) groups is 1. The minimum absolute atomic E-state index is 0.0285. The number of nitrogens with two attached hydrogens (primary N) is 1. The molecule has 0 aliphatic carbocycles. The van der Waals surface area contributed by atoms with E-state index in [0.29, 0.717) is 11.3 Å². The molecule has 6 nitrogen and oxygen atoms in total. The van der Waals surface area contributed by atoms with Crippen molar-refractivity contribution in [2.75, 3.05) is 11.9 Å². The summed E-state index contributed by atoms with van der Waals surface area (Å²) in [6.07, 6.45) is -0.0285. The van der Waals surface area contributed by atoms with Gasteiger partial charge in [-0.3, -0.25) is 4.79 Å². The average Bonchev–Trinajstić information content (AvgIpc) is 2.37. The Kier molecular flexibility index (Phi) is 5.78. The van der Waals surface area contributed by atoms with Gasteiger partial charge < -0.3 is 21.0 Å². The van der Waals surface area contributed by atoms with Crippen molar-refractivity contribution in [3.63, 3.8) is 0 Å². The lowest BCUT2D eigenvalue weighted by molar-refractivity contribution is -0.121. The lowest BCUT2D eigenvalue weighted by Crippen LogP contribution is -2.23. The molecule has 19 heavy (non-hydrogen) atoms. The third kappa shape index (κ3) is 4.88. The molecule has 1 rings (SSSR count). The molecule has 4 N–H and O–H groups in total. The van der Waals surface area contributed by atoms with Crippen molar-refractivity contribution >= 4 is 33.4 Å². The van der Waals surface area contributed by atoms with E-state index in [1.165, 1.54) is 0 Å². The van der Waals surface area contributed by atoms with E-state index >= 15 is 0 Å². The average molecular weight is 330 g/mol. The minimum atomic E-state index is -0.303. The second-order valence-electron chi connectivity index (χ2n) is 4.08. The Labute approximate surface area is 119 Å². The van der Waals surface area contributed by atoms with Crippen LogP contribution >= 0.6 is 15.9 Å². The molecule has 0 unspecified atom stereocenters. The van der Waals surface area contributed by atoms with Crippen LogP contribution in [-0.2, 0) is 9.53 Å². The molecular formula is C12H16BrN3O3. The maximum absolute atomic E-state index is 11.7. The van der Waals surface area contributed by atoms with Gasteiger partial charge in [0.1, 0.15) is 6.61 Å². The van der Waals surface area contributed by atoms with Gasteiger partial charge in [-0.05, 0) is 32.0 Å². The lowest BCUT2D eigenvalue weighted by atomic mass is 10.1. The number of carbonyl (C=O) groups excluding carboxylic acids is 1. The first kappa shape index (κ1) is 15.5. The number of nitrogens with zero attached hydrogens (tertiary/aromatic N) is 1. The summed E-state index contributed by atoms with van der Waals surface area (Å²) < 4.78 is 5.95. The van der Waals surface area contributed by atoms with Gasteiger partial charge in [-0.25, -0.2) is 0 Å². The van der Waals surface area contributed by atoms with Gasteiger partial charge in [-0.1, -0.05) is 21.1 Å². The first-order valence-electron chi connectivity index (χ1n) is 5.63. The number of benzene rings is 1. The van der Waals surface area contributed by atoms with E-state index in [9.17, 15) is 4.79 Å². The molecule has 7 heteroatoms. The van der Waals surface area contributed by atoms with Crippen molar-refractivity contribution in [2.24, 2.45) is 10.9 Å². The highest BCUT2D eigenvalue weighted by Gasteiger charge is 2.11. The first-order valence-corrected chi connectivity index (χ1v) is 6.42. The first-order chi connectivity index (χ1) is 8.93. The molecule has 0 fully saturated rings. The van der Waals surface area contributed by atoms with Crippen LogP contribution in [0, 0.1) is 0 Å². The topological polar surface area (TPSA) is 96.9 Å². The van der Waals surface area contributed by atoms with Crippen molar-refractivity contribution in [2.45, 2.75) is 20.0 Å². The van der Waals surface area contributed by atoms with Gasteiger partial charge in [-0.15, -0.1) is 0 Å². The molecule has 0 aromatic heterocycles. The number of ether oxygens (including phenoxy) is 1. The van der Waals surface area contributed by atoms with Crippen LogP contribution in [0.15, 0.2) is 27.8 Å². The molecule has 0 bridgehead atoms. The zero-order chi connectivity index (χ0) is 14.4. The van der Waals surface area contributed by atoms with Gasteiger partial charge in [0.05, 0.1) is 11.8 Å². The van der Waals surface area contributed by atoms with Gasteiger partial charge in [0.15, 0.2) is 5.84 Å². The molecule has 0 heterocycles. The highest BCUT2D eigenvalue weighted by molar-refractivity contribution is 9.10. The van der Waals surface area contributed by atoms with Crippen LogP contribution in [0.5, 0.6) is 0 Å². The Morgan fingerprint density at radius 1 is 1.58 bits per heavy atom. The Balaban J connectivity index is 2.86. The fourth-order valence-corrected chi connectivity index (χ4v) is 1.68. The van der Waals surface area contributed by atoms with Gasteiger partial charge in [0.2, 0.25) is 5.91 Å². The summed E-state index contributed by atoms with van der Waals surface area (Å²) in [5.41, 5.74) is 6.44. The van der Waals surface area contributed by atoms with Gasteiger partial charge in [0.25, 0.3) is 0 Å². The minimum Gasteiger partial charge on any atom is -0.409 e. The summed E-state index contributed by atoms with van der Waals surface area (Å²) in [6.45, 7) is 3.63. The SMILES string of the molecule is CC(C)OCC(=O)Nc1ccc(Br)cc1/C(N)=N/O. The summed E-state index contributed by atoms with van der Waals surface area (Å²) in [6, 6.07) is 5.05. The summed E-state index contributed by atoms with van der Waals surface area (Å²) >= 11 is 3.28. The van der Waals surface area contributed by atoms with E-state index < -0.39 is 0 Å². The number of hydrogen-bond donors (Lipinski definition) is 3. The Morgan fingerprint density at radius 2 is 2.26 bits per heavy atom. The van der Waals surface area contributed by atoms with Crippen LogP contribution in [0.1, 0.15) is 19.4 Å². The Bertz CT molecular complexity index is 489. The van der Waals surface area contributed by atoms with E-state index in [4.69, 9.17) is 15.7 Å². The second-order valence-corrected chi connectivity index (χ2v) is 5.00. The summed E-state index contributed by atoms with van der Waals surface area (Å²) in [4.78, 5) is 11.7. The third-order valence-electron chi connectivity index (χ3n) is 2.19. The quantitative estimate of drug-likeness (QED) is 0.332. The largest absolute Gasteiger partial charge is 0.409 e. The monoisotopic (exact) mass is 329 g/mol. The highest BCUT2D eigenvalue weighted by Crippen LogP contribution is 2.21. The smallest absolute Gasteiger partial charge is 0.250 e. The molecule has 104 valence electrons. The van der Waals surface area contributed by atoms with Crippen molar-refractivity contribution in [1.29, 1.82) is 0 Å². The van der Waals surface area contributed by atoms with Crippen LogP contribution in [0.4, 0.5) is 5.69 Å². The Morgan fingerprint density at radius 3 is 2.84 bits per heavy atom. The molecule has 1 amide bonds. The molecule has 0 aliphatic heterocycles. The van der Waals surface area contributed by atoms with Crippen LogP contribution in [-0.4, -0.2) is 29.7 Å². The molecular weight excluding hydrogens is 314 g/mol. The number of anilines is 1. The molecule has 1 aromatic rings. The number of amidine groups is 1. The van der Waals surface area contributed by atoms with Crippen LogP contribution in [0.2, 0.25) is 0 Å². The maximum atomic E-state index is 11.7. The normalized spacial score (nSPS) is 11.7. The molecule has 0 radical (unpaired) electrons. The summed E-state index contributed by atoms with van der Waals surface area (Å²) in [7, 11) is 0. The molecule has 0 aliphatic rings. The van der Waals surface area contributed by atoms with Crippen LogP contribution in [0.25, 0.3) is 0 Å². The van der Waals surface area contributed by atoms with Crippen molar-refractivity contribution in [3.8, 4) is 0 Å². The van der Waals surface area contributed by atoms with Crippen molar-refractivity contribution in [1.82, 2.24) is 0 Å². The van der Waals surface area contributed by atoms with Gasteiger partial charge >= 0.3 is 0 Å². The highest BCUT2D eigenvalue weighted by atomic mass is 79.9. The lowest BCUT2D eigenvalue weighted by Gasteiger charge is -2.12. The standard InChI is InChI=1S/C12H16BrN3O3/c1-7(2)19-6-11(17)15-10-4-3-8(13)5-9(10)12(14)16-18/h3-5,7,18H,6H2,1-2H3,(H2,14,16)(H,15,17). The van der Waals surface area contributed by atoms with Crippen LogP contribution in [0.3, 0.4) is 0 Å².